The van der Waals surface area contributed by atoms with Gasteiger partial charge in [0.1, 0.15) is 140 Å². The number of benzene rings is 7. The molecule has 8 fully saturated rings. The second-order valence-corrected chi connectivity index (χ2v) is 33.9. The van der Waals surface area contributed by atoms with Gasteiger partial charge in [0.05, 0.1) is 64.6 Å². The van der Waals surface area contributed by atoms with E-state index in [9.17, 15) is 77.1 Å². The maximum absolute atomic E-state index is 14.2. The molecule has 7 saturated carbocycles. The molecule has 0 bridgehead atoms. The number of anilines is 1. The molecule has 6 aliphatic heterocycles. The fraction of sp³-hybridized carbons (Fsp3) is 0.415. The smallest absolute Gasteiger partial charge is 0.292 e. The zero-order valence-electron chi connectivity index (χ0n) is 64.5. The molecular weight excluding hydrogens is 1790 g/mol. The van der Waals surface area contributed by atoms with Crippen LogP contribution in [0.4, 0.5) is 68.5 Å². The number of carbonyl (C=O) groups excluding carboxylic acids is 1. The third-order valence-electron chi connectivity index (χ3n) is 23.9. The van der Waals surface area contributed by atoms with E-state index >= 15 is 0 Å². The second kappa shape index (κ2) is 35.8. The number of carbonyl (C=O) groups is 1. The van der Waals surface area contributed by atoms with Crippen molar-refractivity contribution in [3.8, 4) is 0 Å². The summed E-state index contributed by atoms with van der Waals surface area (Å²) in [5, 5.41) is 25.3. The largest absolute Gasteiger partial charge is 0.462 e. The van der Waals surface area contributed by atoms with Crippen LogP contribution < -0.4 is 39.5 Å². The third-order valence-corrected chi connectivity index (χ3v) is 26.2. The van der Waals surface area contributed by atoms with Gasteiger partial charge in [-0.3, -0.25) is 25.1 Å². The molecule has 7 unspecified atom stereocenters. The first-order chi connectivity index (χ1) is 59.1. The van der Waals surface area contributed by atoms with E-state index in [0.717, 1.165) is 25.0 Å². The lowest BCUT2D eigenvalue weighted by molar-refractivity contribution is -0.385. The summed E-state index contributed by atoms with van der Waals surface area (Å²) in [4.78, 5) is 48.8. The summed E-state index contributed by atoms with van der Waals surface area (Å²) in [5.41, 5.74) is 25.2. The number of amidine groups is 4. The molecule has 7 aromatic carbocycles. The Morgan fingerprint density at radius 3 is 1.34 bits per heavy atom. The molecule has 23 nitrogen and oxygen atoms in total. The van der Waals surface area contributed by atoms with Crippen molar-refractivity contribution in [1.29, 1.82) is 0 Å². The highest BCUT2D eigenvalue weighted by molar-refractivity contribution is 6.33. The normalized spacial score (nSPS) is 31.2. The third kappa shape index (κ3) is 17.4. The molecule has 0 radical (unpaired) electrons. The predicted octanol–water partition coefficient (Wildman–Crippen LogP) is 15.8. The Morgan fingerprint density at radius 2 is 0.927 bits per heavy atom. The van der Waals surface area contributed by atoms with Gasteiger partial charge in [-0.15, -0.1) is 0 Å². The Morgan fingerprint density at radius 1 is 0.500 bits per heavy atom. The van der Waals surface area contributed by atoms with Crippen LogP contribution in [0.25, 0.3) is 0 Å². The number of nitrogens with one attached hydrogen (secondary N) is 2. The van der Waals surface area contributed by atoms with Gasteiger partial charge in [-0.25, -0.2) is 77.0 Å². The van der Waals surface area contributed by atoms with E-state index in [0.29, 0.717) is 66.5 Å². The molecule has 13 aliphatic rings. The van der Waals surface area contributed by atoms with Crippen molar-refractivity contribution in [3.63, 3.8) is 0 Å². The van der Waals surface area contributed by atoms with Gasteiger partial charge < -0.3 is 57.6 Å². The number of nitrogens with zero attached hydrogens (tertiary/aromatic N) is 6. The Balaban J connectivity index is 0.000000120. The zero-order valence-corrected chi connectivity index (χ0v) is 69.0. The molecular formula is C82H76Cl6F13N13O10. The number of aliphatic hydroxyl groups is 1. The van der Waals surface area contributed by atoms with E-state index < -0.39 is 143 Å². The monoisotopic (exact) mass is 1860 g/mol. The number of hydrogen-bond acceptors (Lipinski definition) is 21. The van der Waals surface area contributed by atoms with Gasteiger partial charge in [0, 0.05) is 81.0 Å². The molecule has 13 N–H and O–H groups in total. The van der Waals surface area contributed by atoms with Crippen LogP contribution in [0.15, 0.2) is 153 Å². The van der Waals surface area contributed by atoms with Crippen LogP contribution in [0.2, 0.25) is 30.1 Å². The van der Waals surface area contributed by atoms with E-state index in [4.69, 9.17) is 127 Å². The molecule has 0 spiro atoms. The highest BCUT2D eigenvalue weighted by atomic mass is 35.5. The van der Waals surface area contributed by atoms with Crippen LogP contribution in [0.5, 0.6) is 0 Å². The number of hydrogen-bond donors (Lipinski definition) is 8. The Bertz CT molecular complexity index is 5450. The molecule has 20 atom stereocenters. The van der Waals surface area contributed by atoms with Crippen molar-refractivity contribution in [2.75, 3.05) is 52.5 Å². The average Bonchev–Trinajstić information content (AvgIpc) is 1.58. The number of nitro benzene ring substituents is 1. The van der Waals surface area contributed by atoms with Crippen molar-refractivity contribution in [2.45, 2.75) is 121 Å². The van der Waals surface area contributed by atoms with Crippen LogP contribution >= 0.6 is 69.6 Å². The fourth-order valence-corrected chi connectivity index (χ4v) is 18.3. The average molecular weight is 1860 g/mol. The summed E-state index contributed by atoms with van der Waals surface area (Å²) in [7, 11) is 0. The summed E-state index contributed by atoms with van der Waals surface area (Å²) >= 11 is 35.5. The molecule has 20 rings (SSSR count). The first-order valence-corrected chi connectivity index (χ1v) is 40.8. The van der Waals surface area contributed by atoms with Crippen LogP contribution in [0, 0.1) is 86.4 Å². The number of rotatable bonds is 16. The molecule has 42 heteroatoms. The van der Waals surface area contributed by atoms with Crippen molar-refractivity contribution in [1.82, 2.24) is 10.8 Å². The number of fused-ring (bicyclic) bond motifs is 6. The number of oxime groups is 1. The SMILES string of the molecule is FCC1=NOC2CC12.FC[C@]1(c2cccc(F)c2Cl)NO[C@@H]2C[C@@H]21.NC1=N[C@](CF)(c2cc(N)cc(F)c2Cl)[C@H]2CC2O1.NC1=N[C@](CF)(c2cc([N+](=O)[O-])cc(F)c2Cl)[C@H]2CC2O1.NC1=N[C@](CF)(c2cccc(F)c2Cl)[C@H]2CC2O1.N[C@](CF)(c1cccc(F)c1Cl)[C@H]1CC1O.O=C(NC1=N[C@](CF)(c2cccc(F)c2Cl)[C@H]2CC2O1)c1ccccc1. The number of hydroxylamine groups is 1. The minimum atomic E-state index is -1.53. The minimum Gasteiger partial charge on any atom is -0.462 e. The lowest BCUT2D eigenvalue weighted by atomic mass is 9.85. The zero-order chi connectivity index (χ0) is 89.2. The topological polar surface area (TPSA) is 352 Å². The molecule has 7 aromatic rings. The van der Waals surface area contributed by atoms with E-state index in [1.807, 2.05) is 0 Å². The van der Waals surface area contributed by atoms with Crippen LogP contribution in [0.1, 0.15) is 88.7 Å². The van der Waals surface area contributed by atoms with Crippen molar-refractivity contribution < 1.29 is 101 Å². The quantitative estimate of drug-likeness (QED) is 0.0193. The fourth-order valence-electron chi connectivity index (χ4n) is 16.6. The molecule has 0 aromatic heterocycles. The molecule has 7 aliphatic carbocycles. The van der Waals surface area contributed by atoms with Crippen molar-refractivity contribution in [2.24, 2.45) is 89.5 Å². The molecule has 1 amide bonds. The standard InChI is InChI=1S/C19H15ClF2N2O2.C12H10ClF2N3O3.C12H12ClF2N3O.C12H11ClF2N2O.C11H10ClF2NO.C11H12ClF2NO.C5H6FNO/c20-16-12(7-4-8-14(16)22)19(10-21)13-9-15(13)26-18(24-19)23-17(25)11-5-2-1-3-6-11;13-10-7(1-5(18(19)20)2-8(10)15)12(4-14)6-3-9(6)21-11(16)17-12;13-10-7(1-5(16)2-8(10)15)12(4-14)6-3-9(6)19-11(17)18-12;13-10-6(2-1-3-8(10)15)12(5-14)7-4-9(7)18-11(16)17-12;12-10-6(2-1-3-8(10)14)11(5-13)7-4-9(7)16-15-11;12-10-6(2-1-3-8(10)14)11(15,5-13)7-4-9(7)16;6-2-4-3-1-5(3)8-7-4/h1-8,13,15H,9-10H2,(H,23,24,25);1-2,6,9H,3-4H2,(H2,16,17);1-2,6,9H,3-4,16H2,(H2,17,18);1-3,7,9H,4-5H2,(H2,16,17);1-3,7,9,15H,4-5H2;1-3,7,9,16H,4-5,15H2;3,5H,1-2H2/t13-,15?,19+;2*6-,9?,12-;7-,9?,12+;7-,9+,11+;7-,9?,11+;/m000000./s1. The molecule has 124 heavy (non-hydrogen) atoms. The number of alkyl halides is 7. The van der Waals surface area contributed by atoms with Crippen molar-refractivity contribution in [3.05, 3.63) is 241 Å². The van der Waals surface area contributed by atoms with Crippen molar-refractivity contribution >= 4 is 117 Å². The molecule has 1 saturated heterocycles. The Kier molecular flexibility index (Phi) is 26.2. The first kappa shape index (κ1) is 90.9. The van der Waals surface area contributed by atoms with E-state index in [1.165, 1.54) is 60.7 Å². The number of non-ortho nitro benzene ring substituents is 1. The number of nitrogens with two attached hydrogens (primary N) is 5. The second-order valence-electron chi connectivity index (χ2n) is 31.6. The summed E-state index contributed by atoms with van der Waals surface area (Å²) < 4.78 is 196. The van der Waals surface area contributed by atoms with Crippen LogP contribution in [-0.4, -0.2) is 135 Å². The number of ether oxygens (including phenoxy) is 4. The summed E-state index contributed by atoms with van der Waals surface area (Å²) in [6, 6.07) is 29.5. The predicted molar refractivity (Wildman–Crippen MR) is 434 cm³/mol. The van der Waals surface area contributed by atoms with Gasteiger partial charge in [0.15, 0.2) is 0 Å². The van der Waals surface area contributed by atoms with Gasteiger partial charge in [-0.2, -0.15) is 5.48 Å². The van der Waals surface area contributed by atoms with Gasteiger partial charge in [-0.1, -0.05) is 141 Å². The van der Waals surface area contributed by atoms with Gasteiger partial charge in [0.25, 0.3) is 35.7 Å². The van der Waals surface area contributed by atoms with Gasteiger partial charge >= 0.3 is 0 Å². The maximum Gasteiger partial charge on any atom is 0.292 e. The minimum absolute atomic E-state index is 0.0243. The number of aliphatic hydroxyl groups excluding tert-OH is 1. The molecule has 6 heterocycles. The highest BCUT2D eigenvalue weighted by Crippen LogP contribution is 2.60. The first-order valence-electron chi connectivity index (χ1n) is 38.5. The van der Waals surface area contributed by atoms with E-state index in [1.54, 1.807) is 48.5 Å². The van der Waals surface area contributed by atoms with Crippen LogP contribution in [-0.2, 0) is 61.9 Å². The number of aliphatic imine (C=N–C) groups is 4. The van der Waals surface area contributed by atoms with Gasteiger partial charge in [-0.05, 0) is 105 Å². The summed E-state index contributed by atoms with van der Waals surface area (Å²) in [5.74, 6) is -5.40. The maximum atomic E-state index is 14.2. The summed E-state index contributed by atoms with van der Waals surface area (Å²) in [6.45, 7) is -5.44. The highest BCUT2D eigenvalue weighted by Gasteiger charge is 2.65. The molecule has 662 valence electrons. The Labute approximate surface area is 728 Å². The van der Waals surface area contributed by atoms with Crippen LogP contribution in [0.3, 0.4) is 0 Å². The number of halogens is 19. The number of amides is 1. The lowest BCUT2D eigenvalue weighted by Crippen LogP contribution is -2.43. The summed E-state index contributed by atoms with van der Waals surface area (Å²) in [6.07, 6.45) is 3.24. The number of nitrogen functional groups attached to an aromatic ring is 1. The van der Waals surface area contributed by atoms with E-state index in [-0.39, 0.29) is 148 Å². The van der Waals surface area contributed by atoms with E-state index in [2.05, 4.69) is 35.9 Å². The number of nitro groups is 1. The van der Waals surface area contributed by atoms with Gasteiger partial charge in [0.2, 0.25) is 0 Å². The Hall–Kier alpha value is -9.37. The lowest BCUT2D eigenvalue weighted by Gasteiger charge is -2.32.